The minimum Gasteiger partial charge on any atom is -0.478 e. The summed E-state index contributed by atoms with van der Waals surface area (Å²) in [4.78, 5) is 31.8. The quantitative estimate of drug-likeness (QED) is 0.503. The van der Waals surface area contributed by atoms with E-state index in [0.717, 1.165) is 18.2 Å². The maximum atomic E-state index is 10.6. The summed E-state index contributed by atoms with van der Waals surface area (Å²) in [6.45, 7) is -0.250. The van der Waals surface area contributed by atoms with Crippen LogP contribution < -0.4 is 0 Å². The molecule has 5 N–H and O–H groups in total. The van der Waals surface area contributed by atoms with Crippen LogP contribution >= 0.6 is 0 Å². The Balaban J connectivity index is 0.000000711. The first-order chi connectivity index (χ1) is 8.84. The van der Waals surface area contributed by atoms with Gasteiger partial charge in [0.05, 0.1) is 29.9 Å². The predicted octanol–water partition coefficient (Wildman–Crippen LogP) is -0.248. The molecule has 1 rings (SSSR count). The van der Waals surface area contributed by atoms with Gasteiger partial charge in [-0.3, -0.25) is 0 Å². The maximum Gasteiger partial charge on any atom is 0.336 e. The molecular formula is C11H12O8. The molecule has 0 saturated heterocycles. The van der Waals surface area contributed by atoms with E-state index in [4.69, 9.17) is 25.5 Å². The van der Waals surface area contributed by atoms with Gasteiger partial charge in [-0.25, -0.2) is 14.4 Å². The van der Waals surface area contributed by atoms with Gasteiger partial charge in [0, 0.05) is 0 Å². The molecule has 0 atom stereocenters. The number of benzene rings is 1. The number of hydrogen-bond donors (Lipinski definition) is 5. The second-order valence-corrected chi connectivity index (χ2v) is 3.12. The summed E-state index contributed by atoms with van der Waals surface area (Å²) in [6.07, 6.45) is 0. The van der Waals surface area contributed by atoms with Crippen molar-refractivity contribution in [2.75, 3.05) is 13.2 Å². The second-order valence-electron chi connectivity index (χ2n) is 3.12. The van der Waals surface area contributed by atoms with Crippen molar-refractivity contribution in [2.45, 2.75) is 0 Å². The van der Waals surface area contributed by atoms with E-state index in [2.05, 4.69) is 0 Å². The number of carboxylic acids is 3. The molecule has 0 heterocycles. The lowest BCUT2D eigenvalue weighted by atomic mass is 10.0. The normalized spacial score (nSPS) is 9.16. The molecule has 0 unspecified atom stereocenters. The van der Waals surface area contributed by atoms with E-state index in [1.54, 1.807) is 0 Å². The van der Waals surface area contributed by atoms with Gasteiger partial charge in [-0.2, -0.15) is 0 Å². The molecule has 1 aromatic carbocycles. The van der Waals surface area contributed by atoms with Gasteiger partial charge >= 0.3 is 17.9 Å². The van der Waals surface area contributed by atoms with E-state index in [1.807, 2.05) is 0 Å². The van der Waals surface area contributed by atoms with Crippen molar-refractivity contribution in [1.29, 1.82) is 0 Å². The van der Waals surface area contributed by atoms with E-state index in [0.29, 0.717) is 0 Å². The summed E-state index contributed by atoms with van der Waals surface area (Å²) in [5.41, 5.74) is -1.24. The largest absolute Gasteiger partial charge is 0.478 e. The van der Waals surface area contributed by atoms with Crippen LogP contribution in [-0.2, 0) is 0 Å². The van der Waals surface area contributed by atoms with Crippen molar-refractivity contribution in [3.63, 3.8) is 0 Å². The number of aromatic carboxylic acids is 3. The third-order valence-electron chi connectivity index (χ3n) is 1.83. The smallest absolute Gasteiger partial charge is 0.336 e. The van der Waals surface area contributed by atoms with Crippen LogP contribution in [0.2, 0.25) is 0 Å². The fourth-order valence-corrected chi connectivity index (χ4v) is 1.04. The van der Waals surface area contributed by atoms with E-state index >= 15 is 0 Å². The van der Waals surface area contributed by atoms with Crippen LogP contribution in [0.4, 0.5) is 0 Å². The van der Waals surface area contributed by atoms with Crippen molar-refractivity contribution in [1.82, 2.24) is 0 Å². The topological polar surface area (TPSA) is 152 Å². The maximum absolute atomic E-state index is 10.6. The van der Waals surface area contributed by atoms with Crippen molar-refractivity contribution >= 4 is 17.9 Å². The molecule has 0 bridgehead atoms. The highest BCUT2D eigenvalue weighted by Gasteiger charge is 2.17. The average Bonchev–Trinajstić information content (AvgIpc) is 2.37. The summed E-state index contributed by atoms with van der Waals surface area (Å²) in [5, 5.41) is 41.1. The lowest BCUT2D eigenvalue weighted by molar-refractivity contribution is 0.0649. The number of carboxylic acid groups (broad SMARTS) is 3. The van der Waals surface area contributed by atoms with Crippen LogP contribution in [0.15, 0.2) is 18.2 Å². The van der Waals surface area contributed by atoms with Crippen molar-refractivity contribution in [2.24, 2.45) is 0 Å². The first-order valence-electron chi connectivity index (χ1n) is 4.90. The molecule has 0 saturated carbocycles. The van der Waals surface area contributed by atoms with Crippen LogP contribution in [0.25, 0.3) is 0 Å². The third kappa shape index (κ3) is 5.15. The standard InChI is InChI=1S/C9H6O6.C2H6O2/c10-7(11)4-1-2-5(8(12)13)6(3-4)9(14)15;3-1-2-4/h1-3H,(H,10,11)(H,12,13)(H,14,15);3-4H,1-2H2. The average molecular weight is 272 g/mol. The number of aliphatic hydroxyl groups is 2. The van der Waals surface area contributed by atoms with Gasteiger partial charge in [0.15, 0.2) is 0 Å². The van der Waals surface area contributed by atoms with Crippen molar-refractivity contribution < 1.29 is 39.9 Å². The minimum atomic E-state index is -1.48. The third-order valence-corrected chi connectivity index (χ3v) is 1.83. The van der Waals surface area contributed by atoms with Crippen LogP contribution in [0, 0.1) is 0 Å². The zero-order valence-corrected chi connectivity index (χ0v) is 9.61. The van der Waals surface area contributed by atoms with Gasteiger partial charge in [0.25, 0.3) is 0 Å². The summed E-state index contributed by atoms with van der Waals surface area (Å²) >= 11 is 0. The number of hydrogen-bond acceptors (Lipinski definition) is 5. The Bertz CT molecular complexity index is 478. The Morgan fingerprint density at radius 2 is 1.26 bits per heavy atom. The molecule has 104 valence electrons. The lowest BCUT2D eigenvalue weighted by Crippen LogP contribution is -2.10. The fourth-order valence-electron chi connectivity index (χ4n) is 1.04. The summed E-state index contributed by atoms with van der Waals surface area (Å²) in [6, 6.07) is 2.81. The van der Waals surface area contributed by atoms with Gasteiger partial charge in [-0.1, -0.05) is 0 Å². The van der Waals surface area contributed by atoms with Gasteiger partial charge in [-0.15, -0.1) is 0 Å². The monoisotopic (exact) mass is 272 g/mol. The molecule has 0 aliphatic carbocycles. The minimum absolute atomic E-state index is 0.125. The van der Waals surface area contributed by atoms with Gasteiger partial charge < -0.3 is 25.5 Å². The van der Waals surface area contributed by atoms with Crippen LogP contribution in [0.5, 0.6) is 0 Å². The molecule has 1 aromatic rings. The van der Waals surface area contributed by atoms with Gasteiger partial charge in [0.1, 0.15) is 0 Å². The highest BCUT2D eigenvalue weighted by atomic mass is 16.4. The SMILES string of the molecule is O=C(O)c1ccc(C(=O)O)c(C(=O)O)c1.OCCO. The van der Waals surface area contributed by atoms with Gasteiger partial charge in [-0.05, 0) is 18.2 Å². The zero-order valence-electron chi connectivity index (χ0n) is 9.61. The van der Waals surface area contributed by atoms with E-state index in [-0.39, 0.29) is 18.8 Å². The summed E-state index contributed by atoms with van der Waals surface area (Å²) in [7, 11) is 0. The molecule has 0 aliphatic heterocycles. The molecule has 8 heteroatoms. The zero-order chi connectivity index (χ0) is 15.0. The fraction of sp³-hybridized carbons (Fsp3) is 0.182. The molecule has 8 nitrogen and oxygen atoms in total. The van der Waals surface area contributed by atoms with Crippen molar-refractivity contribution in [3.8, 4) is 0 Å². The number of aliphatic hydroxyl groups excluding tert-OH is 2. The summed E-state index contributed by atoms with van der Waals surface area (Å²) < 4.78 is 0. The Morgan fingerprint density at radius 3 is 1.58 bits per heavy atom. The molecular weight excluding hydrogens is 260 g/mol. The van der Waals surface area contributed by atoms with E-state index < -0.39 is 29.0 Å². The molecule has 0 fully saturated rings. The molecule has 0 spiro atoms. The Morgan fingerprint density at radius 1 is 0.789 bits per heavy atom. The summed E-state index contributed by atoms with van der Waals surface area (Å²) in [5.74, 6) is -4.20. The Kier molecular flexibility index (Phi) is 6.79. The second kappa shape index (κ2) is 7.80. The lowest BCUT2D eigenvalue weighted by Gasteiger charge is -2.02. The van der Waals surface area contributed by atoms with E-state index in [1.165, 1.54) is 0 Å². The molecule has 0 amide bonds. The highest BCUT2D eigenvalue weighted by Crippen LogP contribution is 2.12. The highest BCUT2D eigenvalue weighted by molar-refractivity contribution is 6.03. The number of carbonyl (C=O) groups is 3. The predicted molar refractivity (Wildman–Crippen MR) is 61.5 cm³/mol. The van der Waals surface area contributed by atoms with Crippen molar-refractivity contribution in [3.05, 3.63) is 34.9 Å². The Labute approximate surface area is 107 Å². The number of rotatable bonds is 4. The molecule has 0 aliphatic rings. The first kappa shape index (κ1) is 16.6. The molecule has 0 radical (unpaired) electrons. The van der Waals surface area contributed by atoms with Crippen LogP contribution in [-0.4, -0.2) is 56.7 Å². The van der Waals surface area contributed by atoms with E-state index in [9.17, 15) is 14.4 Å². The molecule has 19 heavy (non-hydrogen) atoms. The van der Waals surface area contributed by atoms with Crippen LogP contribution in [0.3, 0.4) is 0 Å². The first-order valence-corrected chi connectivity index (χ1v) is 4.90. The van der Waals surface area contributed by atoms with Gasteiger partial charge in [0.2, 0.25) is 0 Å². The van der Waals surface area contributed by atoms with Crippen LogP contribution in [0.1, 0.15) is 31.1 Å². The molecule has 0 aromatic heterocycles. The Hall–Kier alpha value is -2.45.